The summed E-state index contributed by atoms with van der Waals surface area (Å²) >= 11 is 0. The lowest BCUT2D eigenvalue weighted by molar-refractivity contribution is 1.30. The molecule has 0 aliphatic heterocycles. The maximum absolute atomic E-state index is 2.46. The summed E-state index contributed by atoms with van der Waals surface area (Å²) < 4.78 is 0. The molecule has 0 saturated heterocycles. The summed E-state index contributed by atoms with van der Waals surface area (Å²) in [5.41, 5.74) is 12.8. The molecule has 0 N–H and O–H groups in total. The molecule has 0 aliphatic carbocycles. The molecule has 0 atom stereocenters. The molecule has 0 aromatic heterocycles. The van der Waals surface area contributed by atoms with Crippen molar-refractivity contribution in [2.45, 2.75) is 0 Å². The number of fused-ring (bicyclic) bond motifs is 4. The molecule has 10 rings (SSSR count). The van der Waals surface area contributed by atoms with Gasteiger partial charge in [0.15, 0.2) is 0 Å². The zero-order chi connectivity index (χ0) is 36.6. The van der Waals surface area contributed by atoms with Crippen LogP contribution in [0, 0.1) is 0 Å². The van der Waals surface area contributed by atoms with Gasteiger partial charge in [-0.15, -0.1) is 0 Å². The van der Waals surface area contributed by atoms with Crippen molar-refractivity contribution in [3.8, 4) is 44.5 Å². The van der Waals surface area contributed by atoms with Crippen LogP contribution in [0.5, 0.6) is 0 Å². The minimum absolute atomic E-state index is 1.09. The molecule has 0 amide bonds. The van der Waals surface area contributed by atoms with E-state index in [0.29, 0.717) is 0 Å². The molecular weight excluding hydrogens is 663 g/mol. The molecule has 0 saturated carbocycles. The van der Waals surface area contributed by atoms with E-state index < -0.39 is 0 Å². The summed E-state index contributed by atoms with van der Waals surface area (Å²) in [6.07, 6.45) is 0. The highest BCUT2D eigenvalue weighted by Gasteiger charge is 2.23. The number of nitrogens with zero attached hydrogens (tertiary/aromatic N) is 1. The second-order valence-electron chi connectivity index (χ2n) is 14.1. The predicted molar refractivity (Wildman–Crippen MR) is 235 cm³/mol. The standard InChI is InChI=1S/C54H37N/c1-4-16-38(17-5-1)39-30-33-44(34-31-39)55(53-29-14-24-40-22-11-13-26-46(40)53)54-37-50(41-18-6-2-7-19-41)52(36-51(54)42-20-8-3-9-21-42)48-28-15-27-47-45-25-12-10-23-43(45)32-35-49(47)48/h1-37H. The Morgan fingerprint density at radius 2 is 0.764 bits per heavy atom. The Morgan fingerprint density at radius 1 is 0.236 bits per heavy atom. The van der Waals surface area contributed by atoms with E-state index in [4.69, 9.17) is 0 Å². The van der Waals surface area contributed by atoms with Crippen molar-refractivity contribution in [1.82, 2.24) is 0 Å². The minimum atomic E-state index is 1.09. The van der Waals surface area contributed by atoms with E-state index >= 15 is 0 Å². The molecule has 0 spiro atoms. The Balaban J connectivity index is 1.29. The Bertz CT molecular complexity index is 2940. The number of anilines is 3. The summed E-state index contributed by atoms with van der Waals surface area (Å²) in [6.45, 7) is 0. The first-order chi connectivity index (χ1) is 27.3. The average molecular weight is 700 g/mol. The van der Waals surface area contributed by atoms with E-state index in [1.165, 1.54) is 65.7 Å². The Labute approximate surface area is 322 Å². The van der Waals surface area contributed by atoms with E-state index in [9.17, 15) is 0 Å². The fourth-order valence-corrected chi connectivity index (χ4v) is 8.22. The molecule has 55 heavy (non-hydrogen) atoms. The minimum Gasteiger partial charge on any atom is -0.309 e. The van der Waals surface area contributed by atoms with Crippen LogP contribution >= 0.6 is 0 Å². The Hall–Kier alpha value is -7.22. The van der Waals surface area contributed by atoms with Crippen molar-refractivity contribution >= 4 is 49.4 Å². The van der Waals surface area contributed by atoms with E-state index in [0.717, 1.165) is 28.2 Å². The molecule has 0 aliphatic rings. The summed E-state index contributed by atoms with van der Waals surface area (Å²) in [7, 11) is 0. The van der Waals surface area contributed by atoms with Crippen LogP contribution in [0.1, 0.15) is 0 Å². The van der Waals surface area contributed by atoms with Gasteiger partial charge in [0.2, 0.25) is 0 Å². The molecular formula is C54H37N. The fraction of sp³-hybridized carbons (Fsp3) is 0. The van der Waals surface area contributed by atoms with E-state index in [2.05, 4.69) is 229 Å². The van der Waals surface area contributed by atoms with E-state index in [-0.39, 0.29) is 0 Å². The lowest BCUT2D eigenvalue weighted by atomic mass is 9.86. The first-order valence-electron chi connectivity index (χ1n) is 18.9. The van der Waals surface area contributed by atoms with E-state index in [1.807, 2.05) is 0 Å². The summed E-state index contributed by atoms with van der Waals surface area (Å²) in [4.78, 5) is 2.46. The van der Waals surface area contributed by atoms with Crippen molar-refractivity contribution < 1.29 is 0 Å². The molecule has 1 heteroatoms. The number of benzene rings is 10. The maximum atomic E-state index is 2.46. The molecule has 258 valence electrons. The van der Waals surface area contributed by atoms with Gasteiger partial charge < -0.3 is 4.90 Å². The van der Waals surface area contributed by atoms with Gasteiger partial charge in [0.25, 0.3) is 0 Å². The van der Waals surface area contributed by atoms with Crippen molar-refractivity contribution in [2.75, 3.05) is 4.90 Å². The quantitative estimate of drug-likeness (QED) is 0.150. The van der Waals surface area contributed by atoms with Crippen LogP contribution in [0.2, 0.25) is 0 Å². The largest absolute Gasteiger partial charge is 0.309 e. The van der Waals surface area contributed by atoms with Gasteiger partial charge in [0.1, 0.15) is 0 Å². The predicted octanol–water partition coefficient (Wildman–Crippen LogP) is 15.3. The van der Waals surface area contributed by atoms with Gasteiger partial charge in [-0.1, -0.05) is 194 Å². The van der Waals surface area contributed by atoms with Crippen LogP contribution in [-0.4, -0.2) is 0 Å². The smallest absolute Gasteiger partial charge is 0.0546 e. The molecule has 0 fully saturated rings. The van der Waals surface area contributed by atoms with Crippen molar-refractivity contribution in [3.05, 3.63) is 224 Å². The van der Waals surface area contributed by atoms with Gasteiger partial charge in [-0.2, -0.15) is 0 Å². The van der Waals surface area contributed by atoms with Gasteiger partial charge >= 0.3 is 0 Å². The van der Waals surface area contributed by atoms with Crippen molar-refractivity contribution in [1.29, 1.82) is 0 Å². The molecule has 10 aromatic rings. The molecule has 0 unspecified atom stereocenters. The van der Waals surface area contributed by atoms with Crippen LogP contribution < -0.4 is 4.90 Å². The zero-order valence-electron chi connectivity index (χ0n) is 30.3. The van der Waals surface area contributed by atoms with Gasteiger partial charge in [-0.25, -0.2) is 0 Å². The highest BCUT2D eigenvalue weighted by molar-refractivity contribution is 6.14. The number of hydrogen-bond donors (Lipinski definition) is 0. The molecule has 0 bridgehead atoms. The van der Waals surface area contributed by atoms with Crippen molar-refractivity contribution in [3.63, 3.8) is 0 Å². The second-order valence-corrected chi connectivity index (χ2v) is 14.1. The highest BCUT2D eigenvalue weighted by atomic mass is 15.1. The lowest BCUT2D eigenvalue weighted by Crippen LogP contribution is -2.12. The van der Waals surface area contributed by atoms with Crippen molar-refractivity contribution in [2.24, 2.45) is 0 Å². The molecule has 0 radical (unpaired) electrons. The maximum Gasteiger partial charge on any atom is 0.0546 e. The highest BCUT2D eigenvalue weighted by Crippen LogP contribution is 2.49. The molecule has 1 nitrogen and oxygen atoms in total. The lowest BCUT2D eigenvalue weighted by Gasteiger charge is -2.31. The molecule has 0 heterocycles. The third-order valence-corrected chi connectivity index (χ3v) is 10.9. The van der Waals surface area contributed by atoms with E-state index in [1.54, 1.807) is 0 Å². The number of hydrogen-bond acceptors (Lipinski definition) is 1. The summed E-state index contributed by atoms with van der Waals surface area (Å²) in [6, 6.07) is 81.6. The topological polar surface area (TPSA) is 3.24 Å². The molecule has 10 aromatic carbocycles. The zero-order valence-corrected chi connectivity index (χ0v) is 30.3. The van der Waals surface area contributed by atoms with Crippen LogP contribution in [0.15, 0.2) is 224 Å². The third kappa shape index (κ3) is 5.93. The summed E-state index contributed by atoms with van der Waals surface area (Å²) in [5.74, 6) is 0. The normalized spacial score (nSPS) is 11.3. The van der Waals surface area contributed by atoms with Crippen LogP contribution in [0.3, 0.4) is 0 Å². The monoisotopic (exact) mass is 699 g/mol. The van der Waals surface area contributed by atoms with Crippen LogP contribution in [0.4, 0.5) is 17.1 Å². The second kappa shape index (κ2) is 14.0. The SMILES string of the molecule is c1ccc(-c2ccc(N(c3cc(-c4ccccc4)c(-c4cccc5c4ccc4ccccc45)cc3-c3ccccc3)c3cccc4ccccc34)cc2)cc1. The van der Waals surface area contributed by atoms with Gasteiger partial charge in [-0.3, -0.25) is 0 Å². The van der Waals surface area contributed by atoms with Crippen LogP contribution in [-0.2, 0) is 0 Å². The Kier molecular flexibility index (Phi) is 8.24. The van der Waals surface area contributed by atoms with Gasteiger partial charge in [0.05, 0.1) is 11.4 Å². The first kappa shape index (κ1) is 32.4. The first-order valence-corrected chi connectivity index (χ1v) is 18.9. The van der Waals surface area contributed by atoms with Gasteiger partial charge in [0, 0.05) is 16.6 Å². The van der Waals surface area contributed by atoms with Crippen LogP contribution in [0.25, 0.3) is 76.8 Å². The number of rotatable bonds is 7. The van der Waals surface area contributed by atoms with Gasteiger partial charge in [-0.05, 0) is 96.2 Å². The third-order valence-electron chi connectivity index (χ3n) is 10.9. The Morgan fingerprint density at radius 3 is 1.47 bits per heavy atom. The average Bonchev–Trinajstić information content (AvgIpc) is 3.27. The fourth-order valence-electron chi connectivity index (χ4n) is 8.22. The summed E-state index contributed by atoms with van der Waals surface area (Å²) in [5, 5.41) is 7.42.